The Kier molecular flexibility index (Phi) is 7.61. The molecule has 0 unspecified atom stereocenters. The van der Waals surface area contributed by atoms with Crippen LogP contribution in [0.4, 0.5) is 0 Å². The van der Waals surface area contributed by atoms with Crippen LogP contribution < -0.4 is 4.72 Å². The number of aliphatic hydroxyl groups is 1. The number of carbonyl (C=O) groups is 1. The molecule has 214 valence electrons. The lowest BCUT2D eigenvalue weighted by molar-refractivity contribution is -0.115. The number of benzene rings is 1. The number of hydrogen-bond acceptors (Lipinski definition) is 6. The Morgan fingerprint density at radius 3 is 2.83 bits per heavy atom. The zero-order valence-corrected chi connectivity index (χ0v) is 24.2. The SMILES string of the molecule is O=C1NS(=O)(=O)[C@@H](CO)CCC2=C\C[C@@H]3CC[C@H]3CN3C[C@@]4(CCCc5cc(Cl)ccc54)COC=CC=C1\C=C\23. The fourth-order valence-corrected chi connectivity index (χ4v) is 8.54. The monoisotopic (exact) mass is 584 g/mol. The quantitative estimate of drug-likeness (QED) is 0.504. The van der Waals surface area contributed by atoms with Gasteiger partial charge < -0.3 is 14.7 Å². The summed E-state index contributed by atoms with van der Waals surface area (Å²) in [7, 11) is -4.04. The third-order valence-electron chi connectivity index (χ3n) is 9.58. The van der Waals surface area contributed by atoms with E-state index in [1.807, 2.05) is 12.1 Å². The Balaban J connectivity index is 1.51. The van der Waals surface area contributed by atoms with E-state index >= 15 is 0 Å². The van der Waals surface area contributed by atoms with Crippen LogP contribution in [-0.2, 0) is 31.4 Å². The van der Waals surface area contributed by atoms with E-state index in [1.165, 1.54) is 24.0 Å². The lowest BCUT2D eigenvalue weighted by Crippen LogP contribution is -2.49. The molecule has 2 aliphatic carbocycles. The molecule has 1 aromatic carbocycles. The number of allylic oxidation sites excluding steroid dienone is 4. The molecule has 6 rings (SSSR count). The maximum absolute atomic E-state index is 13.4. The van der Waals surface area contributed by atoms with Gasteiger partial charge in [-0.1, -0.05) is 23.7 Å². The summed E-state index contributed by atoms with van der Waals surface area (Å²) < 4.78 is 34.3. The first-order chi connectivity index (χ1) is 19.3. The fraction of sp³-hybridized carbons (Fsp3) is 0.516. The molecule has 0 radical (unpaired) electrons. The maximum atomic E-state index is 13.4. The Hall–Kier alpha value is -2.55. The van der Waals surface area contributed by atoms with Crippen molar-refractivity contribution in [1.29, 1.82) is 0 Å². The van der Waals surface area contributed by atoms with Gasteiger partial charge in [0.05, 0.1) is 19.5 Å². The van der Waals surface area contributed by atoms with Crippen LogP contribution in [0.15, 0.2) is 65.6 Å². The van der Waals surface area contributed by atoms with E-state index < -0.39 is 27.8 Å². The summed E-state index contributed by atoms with van der Waals surface area (Å²) in [6.45, 7) is 1.55. The molecular weight excluding hydrogens is 548 g/mol. The number of sulfonamides is 1. The van der Waals surface area contributed by atoms with Crippen molar-refractivity contribution in [2.75, 3.05) is 26.3 Å². The van der Waals surface area contributed by atoms with Crippen molar-refractivity contribution in [3.8, 4) is 0 Å². The van der Waals surface area contributed by atoms with Crippen molar-refractivity contribution in [1.82, 2.24) is 9.62 Å². The topological polar surface area (TPSA) is 95.9 Å². The van der Waals surface area contributed by atoms with Crippen molar-refractivity contribution in [3.05, 3.63) is 81.8 Å². The summed E-state index contributed by atoms with van der Waals surface area (Å²) in [5.41, 5.74) is 4.52. The van der Waals surface area contributed by atoms with E-state index in [1.54, 1.807) is 18.4 Å². The summed E-state index contributed by atoms with van der Waals surface area (Å²) in [5.74, 6) is 0.465. The highest BCUT2D eigenvalue weighted by Gasteiger charge is 2.43. The smallest absolute Gasteiger partial charge is 0.264 e. The van der Waals surface area contributed by atoms with Crippen LogP contribution in [0.3, 0.4) is 0 Å². The number of carbonyl (C=O) groups excluding carboxylic acids is 1. The van der Waals surface area contributed by atoms with Crippen molar-refractivity contribution >= 4 is 27.5 Å². The fourth-order valence-electron chi connectivity index (χ4n) is 7.17. The standard InChI is InChI=1S/C31H37ClN2O5S/c32-26-10-12-28-23(15-26)3-1-13-31(28)19-34-17-25-8-6-21(25)5-7-22-9-11-27(18-35)40(37,38)33-30(36)24(16-29(22)34)4-2-14-39-20-31/h2,4,7,10,12,14-16,21,25,27,35H,1,3,5-6,8-9,11,13,17-20H2,(H,33,36)/b14-2?,22-7+,24-4?,29-16-/t21-,25+,27-,31+/m1/s1. The summed E-state index contributed by atoms with van der Waals surface area (Å²) in [6.07, 6.45) is 16.0. The highest BCUT2D eigenvalue weighted by atomic mass is 35.5. The largest absolute Gasteiger partial charge is 0.500 e. The van der Waals surface area contributed by atoms with Crippen molar-refractivity contribution in [3.63, 3.8) is 0 Å². The molecule has 0 aromatic heterocycles. The molecule has 4 atom stereocenters. The minimum atomic E-state index is -4.04. The number of nitrogens with one attached hydrogen (secondary N) is 1. The van der Waals surface area contributed by atoms with Crippen molar-refractivity contribution in [2.45, 2.75) is 62.0 Å². The number of rotatable bonds is 1. The third-order valence-corrected chi connectivity index (χ3v) is 11.5. The lowest BCUT2D eigenvalue weighted by atomic mass is 9.68. The second kappa shape index (κ2) is 11.0. The lowest BCUT2D eigenvalue weighted by Gasteiger charge is -2.48. The molecule has 2 bridgehead atoms. The summed E-state index contributed by atoms with van der Waals surface area (Å²) in [6, 6.07) is 6.21. The Morgan fingerprint density at radius 2 is 2.02 bits per heavy atom. The number of fused-ring (bicyclic) bond motifs is 4. The highest BCUT2D eigenvalue weighted by Crippen LogP contribution is 2.45. The van der Waals surface area contributed by atoms with Crippen molar-refractivity contribution < 1.29 is 23.1 Å². The molecule has 2 N–H and O–H groups in total. The minimum absolute atomic E-state index is 0.235. The molecule has 40 heavy (non-hydrogen) atoms. The van der Waals surface area contributed by atoms with E-state index in [9.17, 15) is 18.3 Å². The molecule has 3 heterocycles. The van der Waals surface area contributed by atoms with E-state index in [0.29, 0.717) is 24.9 Å². The number of hydrogen-bond donors (Lipinski definition) is 2. The molecule has 0 saturated heterocycles. The average molecular weight is 585 g/mol. The Morgan fingerprint density at radius 1 is 1.18 bits per heavy atom. The van der Waals surface area contributed by atoms with E-state index in [-0.39, 0.29) is 17.4 Å². The third kappa shape index (κ3) is 5.26. The van der Waals surface area contributed by atoms with Crippen LogP contribution in [0.5, 0.6) is 0 Å². The van der Waals surface area contributed by atoms with Crippen LogP contribution in [0, 0.1) is 11.8 Å². The van der Waals surface area contributed by atoms with Gasteiger partial charge in [0.25, 0.3) is 5.91 Å². The van der Waals surface area contributed by atoms with Gasteiger partial charge in [-0.3, -0.25) is 4.79 Å². The maximum Gasteiger partial charge on any atom is 0.264 e. The van der Waals surface area contributed by atoms with E-state index in [0.717, 1.165) is 55.1 Å². The van der Waals surface area contributed by atoms with Crippen LogP contribution in [-0.4, -0.2) is 55.9 Å². The van der Waals surface area contributed by atoms with Crippen molar-refractivity contribution in [2.24, 2.45) is 11.8 Å². The molecule has 3 aliphatic heterocycles. The summed E-state index contributed by atoms with van der Waals surface area (Å²) >= 11 is 6.41. The van der Waals surface area contributed by atoms with Gasteiger partial charge >= 0.3 is 0 Å². The molecule has 5 aliphatic rings. The van der Waals surface area contributed by atoms with Crippen LogP contribution in [0.1, 0.15) is 56.1 Å². The number of aryl methyl sites for hydroxylation is 1. The van der Waals surface area contributed by atoms with Crippen LogP contribution in [0.25, 0.3) is 0 Å². The van der Waals surface area contributed by atoms with Gasteiger partial charge in [-0.2, -0.15) is 0 Å². The first-order valence-electron chi connectivity index (χ1n) is 14.4. The molecule has 1 aromatic rings. The first kappa shape index (κ1) is 27.6. The predicted molar refractivity (Wildman–Crippen MR) is 155 cm³/mol. The molecular formula is C31H37ClN2O5S. The first-order valence-corrected chi connectivity index (χ1v) is 16.3. The molecule has 1 saturated carbocycles. The number of nitrogens with zero attached hydrogens (tertiary/aromatic N) is 1. The van der Waals surface area contributed by atoms with E-state index in [2.05, 4.69) is 27.8 Å². The van der Waals surface area contributed by atoms with Gasteiger partial charge in [-0.05, 0) is 110 Å². The minimum Gasteiger partial charge on any atom is -0.500 e. The average Bonchev–Trinajstić information content (AvgIpc) is 2.93. The second-order valence-corrected chi connectivity index (χ2v) is 14.4. The zero-order chi connectivity index (χ0) is 27.9. The van der Waals surface area contributed by atoms with Gasteiger partial charge in [0.15, 0.2) is 0 Å². The van der Waals surface area contributed by atoms with Gasteiger partial charge in [0, 0.05) is 34.8 Å². The van der Waals surface area contributed by atoms with Crippen LogP contribution >= 0.6 is 11.6 Å². The Bertz CT molecular complexity index is 1410. The molecule has 1 amide bonds. The highest BCUT2D eigenvalue weighted by molar-refractivity contribution is 7.90. The normalized spacial score (nSPS) is 34.4. The Labute approximate surface area is 241 Å². The van der Waals surface area contributed by atoms with Gasteiger partial charge in [-0.15, -0.1) is 0 Å². The number of aliphatic hydroxyl groups excluding tert-OH is 1. The number of halogens is 1. The van der Waals surface area contributed by atoms with Crippen LogP contribution in [0.2, 0.25) is 5.02 Å². The zero-order valence-electron chi connectivity index (χ0n) is 22.6. The predicted octanol–water partition coefficient (Wildman–Crippen LogP) is 4.53. The van der Waals surface area contributed by atoms with E-state index in [4.69, 9.17) is 16.3 Å². The second-order valence-electron chi connectivity index (χ2n) is 12.0. The molecule has 7 nitrogen and oxygen atoms in total. The van der Waals surface area contributed by atoms with Gasteiger partial charge in [0.2, 0.25) is 10.0 Å². The van der Waals surface area contributed by atoms with Gasteiger partial charge in [0.1, 0.15) is 5.25 Å². The summed E-state index contributed by atoms with van der Waals surface area (Å²) in [4.78, 5) is 15.8. The number of ether oxygens (including phenoxy) is 1. The molecule has 9 heteroatoms. The number of amides is 1. The molecule has 1 spiro atoms. The van der Waals surface area contributed by atoms with Gasteiger partial charge in [-0.25, -0.2) is 13.1 Å². The summed E-state index contributed by atoms with van der Waals surface area (Å²) in [5, 5.41) is 9.65. The molecule has 1 fully saturated rings.